The lowest BCUT2D eigenvalue weighted by atomic mass is 9.99. The van der Waals surface area contributed by atoms with Crippen LogP contribution in [-0.2, 0) is 19.4 Å². The number of hydrogen-bond acceptors (Lipinski definition) is 4. The molecule has 1 unspecified atom stereocenters. The number of imidazole rings is 1. The maximum absolute atomic E-state index is 12.9. The maximum atomic E-state index is 12.9. The van der Waals surface area contributed by atoms with E-state index < -0.39 is 0 Å². The fraction of sp³-hybridized carbons (Fsp3) is 0.500. The second kappa shape index (κ2) is 7.50. The molecule has 6 heteroatoms. The minimum Gasteiger partial charge on any atom is -0.497 e. The van der Waals surface area contributed by atoms with E-state index in [0.29, 0.717) is 11.6 Å². The summed E-state index contributed by atoms with van der Waals surface area (Å²) in [5.74, 6) is 2.49. The number of aromatic nitrogens is 2. The van der Waals surface area contributed by atoms with Gasteiger partial charge in [0.05, 0.1) is 7.11 Å². The molecule has 138 valence electrons. The molecule has 1 amide bonds. The van der Waals surface area contributed by atoms with Crippen LogP contribution < -0.4 is 10.1 Å². The van der Waals surface area contributed by atoms with Gasteiger partial charge in [0.1, 0.15) is 17.3 Å². The number of ether oxygens (including phenoxy) is 1. The molecule has 1 N–H and O–H groups in total. The van der Waals surface area contributed by atoms with Crippen molar-refractivity contribution in [2.24, 2.45) is 5.92 Å². The zero-order valence-electron chi connectivity index (χ0n) is 15.3. The number of methoxy groups -OCH3 is 1. The number of nitrogens with one attached hydrogen (secondary N) is 1. The zero-order chi connectivity index (χ0) is 17.9. The number of benzene rings is 1. The number of carbonyl (C=O) groups is 1. The Morgan fingerprint density at radius 2 is 2.12 bits per heavy atom. The Labute approximate surface area is 154 Å². The third-order valence-electron chi connectivity index (χ3n) is 5.39. The standard InChI is InChI=1S/C20H26N4O2/c1-26-17-4-2-15(3-5-17)12-16-7-10-24(13-16)20(25)18-14-23-11-9-21-8-6-19(23)22-18/h2-5,14,16,21H,6-13H2,1H3. The van der Waals surface area contributed by atoms with Crippen molar-refractivity contribution < 1.29 is 9.53 Å². The van der Waals surface area contributed by atoms with Gasteiger partial charge in [-0.1, -0.05) is 12.1 Å². The van der Waals surface area contributed by atoms with Crippen LogP contribution in [0.25, 0.3) is 0 Å². The average Bonchev–Trinajstić information content (AvgIpc) is 3.24. The largest absolute Gasteiger partial charge is 0.497 e. The third kappa shape index (κ3) is 3.60. The van der Waals surface area contributed by atoms with Gasteiger partial charge in [-0.25, -0.2) is 4.98 Å². The molecule has 2 aliphatic rings. The van der Waals surface area contributed by atoms with E-state index in [2.05, 4.69) is 27.0 Å². The van der Waals surface area contributed by atoms with Gasteiger partial charge in [-0.3, -0.25) is 4.79 Å². The lowest BCUT2D eigenvalue weighted by molar-refractivity contribution is 0.0781. The van der Waals surface area contributed by atoms with Crippen molar-refractivity contribution in [1.29, 1.82) is 0 Å². The Hall–Kier alpha value is -2.34. The minimum atomic E-state index is 0.0794. The summed E-state index contributed by atoms with van der Waals surface area (Å²) in [5.41, 5.74) is 1.90. The molecule has 1 saturated heterocycles. The molecule has 6 nitrogen and oxygen atoms in total. The molecule has 2 aliphatic heterocycles. The summed E-state index contributed by atoms with van der Waals surface area (Å²) >= 11 is 0. The molecule has 2 aromatic rings. The Morgan fingerprint density at radius 1 is 1.27 bits per heavy atom. The van der Waals surface area contributed by atoms with Gasteiger partial charge in [-0.05, 0) is 36.5 Å². The van der Waals surface area contributed by atoms with E-state index in [1.54, 1.807) is 7.11 Å². The van der Waals surface area contributed by atoms with Crippen LogP contribution in [-0.4, -0.2) is 53.6 Å². The van der Waals surface area contributed by atoms with Gasteiger partial charge in [0.2, 0.25) is 0 Å². The number of nitrogens with zero attached hydrogens (tertiary/aromatic N) is 3. The highest BCUT2D eigenvalue weighted by molar-refractivity contribution is 5.92. The molecule has 0 bridgehead atoms. The first-order chi connectivity index (χ1) is 12.7. The maximum Gasteiger partial charge on any atom is 0.274 e. The van der Waals surface area contributed by atoms with Crippen LogP contribution in [0.1, 0.15) is 28.3 Å². The number of rotatable bonds is 4. The molecule has 0 spiro atoms. The number of amides is 1. The molecular weight excluding hydrogens is 328 g/mol. The van der Waals surface area contributed by atoms with Crippen LogP contribution in [0.2, 0.25) is 0 Å². The van der Waals surface area contributed by atoms with E-state index in [9.17, 15) is 4.79 Å². The minimum absolute atomic E-state index is 0.0794. The van der Waals surface area contributed by atoms with Crippen LogP contribution in [0.5, 0.6) is 5.75 Å². The highest BCUT2D eigenvalue weighted by Gasteiger charge is 2.29. The first-order valence-electron chi connectivity index (χ1n) is 9.42. The fourth-order valence-corrected chi connectivity index (χ4v) is 3.92. The fourth-order valence-electron chi connectivity index (χ4n) is 3.92. The van der Waals surface area contributed by atoms with Crippen molar-refractivity contribution in [3.63, 3.8) is 0 Å². The topological polar surface area (TPSA) is 59.4 Å². The first kappa shape index (κ1) is 17.1. The average molecular weight is 354 g/mol. The predicted octanol–water partition coefficient (Wildman–Crippen LogP) is 1.74. The van der Waals surface area contributed by atoms with Gasteiger partial charge in [0.25, 0.3) is 5.91 Å². The normalized spacial score (nSPS) is 19.9. The highest BCUT2D eigenvalue weighted by Crippen LogP contribution is 2.23. The number of carbonyl (C=O) groups excluding carboxylic acids is 1. The van der Waals surface area contributed by atoms with Gasteiger partial charge in [0.15, 0.2) is 0 Å². The first-order valence-corrected chi connectivity index (χ1v) is 9.42. The summed E-state index contributed by atoms with van der Waals surface area (Å²) in [5, 5.41) is 3.36. The van der Waals surface area contributed by atoms with E-state index >= 15 is 0 Å². The van der Waals surface area contributed by atoms with Crippen molar-refractivity contribution in [3.8, 4) is 5.75 Å². The second-order valence-corrected chi connectivity index (χ2v) is 7.19. The van der Waals surface area contributed by atoms with Crippen LogP contribution in [0, 0.1) is 5.92 Å². The van der Waals surface area contributed by atoms with E-state index in [-0.39, 0.29) is 5.91 Å². The number of hydrogen-bond donors (Lipinski definition) is 1. The predicted molar refractivity (Wildman–Crippen MR) is 99.5 cm³/mol. The van der Waals surface area contributed by atoms with Crippen molar-refractivity contribution in [2.45, 2.75) is 25.8 Å². The lowest BCUT2D eigenvalue weighted by Gasteiger charge is -2.15. The summed E-state index contributed by atoms with van der Waals surface area (Å²) in [7, 11) is 1.68. The van der Waals surface area contributed by atoms with Gasteiger partial charge < -0.3 is 19.5 Å². The molecular formula is C20H26N4O2. The quantitative estimate of drug-likeness (QED) is 0.909. The van der Waals surface area contributed by atoms with Crippen molar-refractivity contribution in [3.05, 3.63) is 47.5 Å². The molecule has 1 aromatic carbocycles. The number of likely N-dealkylation sites (tertiary alicyclic amines) is 1. The molecule has 3 heterocycles. The SMILES string of the molecule is COc1ccc(CC2CCN(C(=O)c3cn4c(n3)CCNCC4)C2)cc1. The lowest BCUT2D eigenvalue weighted by Crippen LogP contribution is -2.29. The van der Waals surface area contributed by atoms with Crippen molar-refractivity contribution in [1.82, 2.24) is 19.8 Å². The van der Waals surface area contributed by atoms with E-state index in [0.717, 1.165) is 63.6 Å². The Kier molecular flexibility index (Phi) is 4.93. The summed E-state index contributed by atoms with van der Waals surface area (Å²) in [6, 6.07) is 8.23. The Bertz CT molecular complexity index is 745. The molecule has 1 fully saturated rings. The van der Waals surface area contributed by atoms with Gasteiger partial charge in [-0.2, -0.15) is 0 Å². The molecule has 4 rings (SSSR count). The van der Waals surface area contributed by atoms with Crippen molar-refractivity contribution >= 4 is 5.91 Å². The van der Waals surface area contributed by atoms with Crippen LogP contribution in [0.3, 0.4) is 0 Å². The van der Waals surface area contributed by atoms with E-state index in [1.165, 1.54) is 5.56 Å². The van der Waals surface area contributed by atoms with Crippen molar-refractivity contribution in [2.75, 3.05) is 33.3 Å². The van der Waals surface area contributed by atoms with Crippen LogP contribution >= 0.6 is 0 Å². The zero-order valence-corrected chi connectivity index (χ0v) is 15.3. The van der Waals surface area contributed by atoms with Gasteiger partial charge in [-0.15, -0.1) is 0 Å². The summed E-state index contributed by atoms with van der Waals surface area (Å²) < 4.78 is 7.34. The molecule has 0 aliphatic carbocycles. The van der Waals surface area contributed by atoms with Gasteiger partial charge in [0, 0.05) is 45.3 Å². The smallest absolute Gasteiger partial charge is 0.274 e. The van der Waals surface area contributed by atoms with Crippen LogP contribution in [0.15, 0.2) is 30.5 Å². The summed E-state index contributed by atoms with van der Waals surface area (Å²) in [6.45, 7) is 4.39. The monoisotopic (exact) mass is 354 g/mol. The molecule has 26 heavy (non-hydrogen) atoms. The van der Waals surface area contributed by atoms with E-state index in [1.807, 2.05) is 23.2 Å². The third-order valence-corrected chi connectivity index (χ3v) is 5.39. The molecule has 0 saturated carbocycles. The summed E-state index contributed by atoms with van der Waals surface area (Å²) in [6.07, 6.45) is 4.86. The summed E-state index contributed by atoms with van der Waals surface area (Å²) in [4.78, 5) is 19.4. The molecule has 0 radical (unpaired) electrons. The van der Waals surface area contributed by atoms with Gasteiger partial charge >= 0.3 is 0 Å². The Morgan fingerprint density at radius 3 is 2.92 bits per heavy atom. The second-order valence-electron chi connectivity index (χ2n) is 7.19. The highest BCUT2D eigenvalue weighted by atomic mass is 16.5. The molecule has 1 aromatic heterocycles. The van der Waals surface area contributed by atoms with Crippen LogP contribution in [0.4, 0.5) is 0 Å². The van der Waals surface area contributed by atoms with E-state index in [4.69, 9.17) is 4.74 Å². The Balaban J connectivity index is 1.37. The molecule has 1 atom stereocenters. The number of fused-ring (bicyclic) bond motifs is 1.